The second kappa shape index (κ2) is 7.08. The van der Waals surface area contributed by atoms with Crippen LogP contribution in [0.15, 0.2) is 36.4 Å². The molecule has 2 aromatic rings. The van der Waals surface area contributed by atoms with Gasteiger partial charge in [0.15, 0.2) is 11.5 Å². The van der Waals surface area contributed by atoms with Gasteiger partial charge in [-0.2, -0.15) is 0 Å². The Hall–Kier alpha value is -2.40. The molecule has 6 heteroatoms. The number of carbonyl (C=O) groups is 1. The third-order valence-electron chi connectivity index (χ3n) is 4.84. The maximum absolute atomic E-state index is 13.2. The first-order valence-corrected chi connectivity index (χ1v) is 9.09. The minimum Gasteiger partial charge on any atom is -0.497 e. The fourth-order valence-corrected chi connectivity index (χ4v) is 3.87. The average Bonchev–Trinajstić information content (AvgIpc) is 3.17. The largest absolute Gasteiger partial charge is 0.497 e. The van der Waals surface area contributed by atoms with Gasteiger partial charge in [-0.25, -0.2) is 0 Å². The summed E-state index contributed by atoms with van der Waals surface area (Å²) in [6.45, 7) is 1.63. The van der Waals surface area contributed by atoms with E-state index in [2.05, 4.69) is 0 Å². The maximum atomic E-state index is 13.2. The van der Waals surface area contributed by atoms with Gasteiger partial charge in [0.05, 0.1) is 18.2 Å². The van der Waals surface area contributed by atoms with E-state index in [0.717, 1.165) is 24.2 Å². The lowest BCUT2D eigenvalue weighted by atomic mass is 10.0. The predicted molar refractivity (Wildman–Crippen MR) is 98.4 cm³/mol. The zero-order valence-electron chi connectivity index (χ0n) is 14.5. The van der Waals surface area contributed by atoms with Crippen molar-refractivity contribution in [1.82, 2.24) is 4.90 Å². The van der Waals surface area contributed by atoms with Crippen LogP contribution in [0.25, 0.3) is 0 Å². The molecule has 136 valence electrons. The van der Waals surface area contributed by atoms with Crippen molar-refractivity contribution in [3.63, 3.8) is 0 Å². The Kier molecular flexibility index (Phi) is 4.64. The first kappa shape index (κ1) is 17.0. The molecule has 1 saturated heterocycles. The monoisotopic (exact) mass is 373 g/mol. The van der Waals surface area contributed by atoms with Crippen molar-refractivity contribution in [3.05, 3.63) is 52.5 Å². The maximum Gasteiger partial charge on any atom is 0.254 e. The second-order valence-corrected chi connectivity index (χ2v) is 6.82. The van der Waals surface area contributed by atoms with Crippen molar-refractivity contribution in [2.24, 2.45) is 0 Å². The average molecular weight is 374 g/mol. The normalized spacial score (nSPS) is 18.7. The molecule has 4 rings (SSSR count). The molecule has 1 fully saturated rings. The van der Waals surface area contributed by atoms with Crippen LogP contribution in [0, 0.1) is 0 Å². The van der Waals surface area contributed by atoms with Crippen LogP contribution >= 0.6 is 11.6 Å². The number of benzene rings is 2. The number of halogens is 1. The highest BCUT2D eigenvalue weighted by atomic mass is 35.5. The topological polar surface area (TPSA) is 48.0 Å². The lowest BCUT2D eigenvalue weighted by Crippen LogP contribution is -2.30. The second-order valence-electron chi connectivity index (χ2n) is 6.42. The van der Waals surface area contributed by atoms with E-state index < -0.39 is 0 Å². The Bertz CT molecular complexity index is 839. The molecule has 2 aliphatic rings. The lowest BCUT2D eigenvalue weighted by molar-refractivity contribution is 0.0734. The number of fused-ring (bicyclic) bond motifs is 1. The number of hydrogen-bond acceptors (Lipinski definition) is 4. The molecule has 5 nitrogen and oxygen atoms in total. The van der Waals surface area contributed by atoms with Gasteiger partial charge in [0.2, 0.25) is 0 Å². The Morgan fingerprint density at radius 2 is 2.08 bits per heavy atom. The van der Waals surface area contributed by atoms with Crippen molar-refractivity contribution in [1.29, 1.82) is 0 Å². The van der Waals surface area contributed by atoms with E-state index in [1.807, 2.05) is 29.2 Å². The summed E-state index contributed by atoms with van der Waals surface area (Å²) in [5, 5.41) is 0.405. The molecule has 0 aromatic heterocycles. The number of amides is 1. The number of carbonyl (C=O) groups excluding carboxylic acids is 1. The molecular weight excluding hydrogens is 354 g/mol. The smallest absolute Gasteiger partial charge is 0.254 e. The summed E-state index contributed by atoms with van der Waals surface area (Å²) in [5.41, 5.74) is 1.60. The molecule has 0 spiro atoms. The Morgan fingerprint density at radius 3 is 2.92 bits per heavy atom. The quantitative estimate of drug-likeness (QED) is 0.812. The number of ether oxygens (including phenoxy) is 3. The minimum atomic E-state index is -0.0470. The van der Waals surface area contributed by atoms with Crippen LogP contribution in [0.5, 0.6) is 17.2 Å². The first-order valence-electron chi connectivity index (χ1n) is 8.71. The summed E-state index contributed by atoms with van der Waals surface area (Å²) >= 11 is 6.30. The SMILES string of the molecule is COc1cccc(C2CCCN2C(=O)c2cc(Cl)c3c(c2)OCCO3)c1. The van der Waals surface area contributed by atoms with Gasteiger partial charge in [-0.15, -0.1) is 0 Å². The van der Waals surface area contributed by atoms with Gasteiger partial charge in [-0.3, -0.25) is 4.79 Å². The summed E-state index contributed by atoms with van der Waals surface area (Å²) in [4.78, 5) is 15.1. The third-order valence-corrected chi connectivity index (χ3v) is 5.12. The zero-order valence-corrected chi connectivity index (χ0v) is 15.3. The molecule has 1 unspecified atom stereocenters. The summed E-state index contributed by atoms with van der Waals surface area (Å²) in [6, 6.07) is 11.3. The highest BCUT2D eigenvalue weighted by Gasteiger charge is 2.32. The molecule has 2 aliphatic heterocycles. The van der Waals surface area contributed by atoms with Crippen molar-refractivity contribution in [3.8, 4) is 17.2 Å². The van der Waals surface area contributed by atoms with Crippen LogP contribution in [-0.2, 0) is 0 Å². The van der Waals surface area contributed by atoms with Crippen molar-refractivity contribution in [2.75, 3.05) is 26.9 Å². The fourth-order valence-electron chi connectivity index (χ4n) is 3.61. The van der Waals surface area contributed by atoms with Crippen LogP contribution in [0.3, 0.4) is 0 Å². The number of likely N-dealkylation sites (tertiary alicyclic amines) is 1. The van der Waals surface area contributed by atoms with Crippen molar-refractivity contribution in [2.45, 2.75) is 18.9 Å². The third kappa shape index (κ3) is 3.07. The summed E-state index contributed by atoms with van der Waals surface area (Å²) < 4.78 is 16.5. The van der Waals surface area contributed by atoms with E-state index in [4.69, 9.17) is 25.8 Å². The summed E-state index contributed by atoms with van der Waals surface area (Å²) in [7, 11) is 1.65. The van der Waals surface area contributed by atoms with Gasteiger partial charge in [0, 0.05) is 12.1 Å². The van der Waals surface area contributed by atoms with Crippen LogP contribution in [0.2, 0.25) is 5.02 Å². The van der Waals surface area contributed by atoms with Crippen molar-refractivity contribution < 1.29 is 19.0 Å². The van der Waals surface area contributed by atoms with Crippen LogP contribution in [-0.4, -0.2) is 37.7 Å². The molecule has 26 heavy (non-hydrogen) atoms. The molecular formula is C20H20ClNO4. The van der Waals surface area contributed by atoms with Gasteiger partial charge in [-0.05, 0) is 42.7 Å². The van der Waals surface area contributed by atoms with Gasteiger partial charge in [0.1, 0.15) is 19.0 Å². The number of rotatable bonds is 3. The van der Waals surface area contributed by atoms with E-state index in [-0.39, 0.29) is 11.9 Å². The Labute approximate surface area is 157 Å². The lowest BCUT2D eigenvalue weighted by Gasteiger charge is -2.26. The molecule has 2 aromatic carbocycles. The minimum absolute atomic E-state index is 0.0320. The van der Waals surface area contributed by atoms with E-state index >= 15 is 0 Å². The van der Waals surface area contributed by atoms with E-state index in [0.29, 0.717) is 41.8 Å². The van der Waals surface area contributed by atoms with Gasteiger partial charge in [0.25, 0.3) is 5.91 Å². The molecule has 0 aliphatic carbocycles. The van der Waals surface area contributed by atoms with Crippen LogP contribution in [0.4, 0.5) is 0 Å². The van der Waals surface area contributed by atoms with Gasteiger partial charge in [-0.1, -0.05) is 23.7 Å². The number of methoxy groups -OCH3 is 1. The summed E-state index contributed by atoms with van der Waals surface area (Å²) in [6.07, 6.45) is 1.89. The molecule has 1 amide bonds. The van der Waals surface area contributed by atoms with E-state index in [1.165, 1.54) is 0 Å². The molecule has 0 radical (unpaired) electrons. The van der Waals surface area contributed by atoms with E-state index in [9.17, 15) is 4.79 Å². The molecule has 0 bridgehead atoms. The first-order chi connectivity index (χ1) is 12.7. The highest BCUT2D eigenvalue weighted by Crippen LogP contribution is 2.40. The zero-order chi connectivity index (χ0) is 18.1. The van der Waals surface area contributed by atoms with Gasteiger partial charge >= 0.3 is 0 Å². The molecule has 0 N–H and O–H groups in total. The molecule has 0 saturated carbocycles. The number of hydrogen-bond donors (Lipinski definition) is 0. The van der Waals surface area contributed by atoms with E-state index in [1.54, 1.807) is 19.2 Å². The number of nitrogens with zero attached hydrogens (tertiary/aromatic N) is 1. The van der Waals surface area contributed by atoms with Gasteiger partial charge < -0.3 is 19.1 Å². The summed E-state index contributed by atoms with van der Waals surface area (Å²) in [5.74, 6) is 1.79. The predicted octanol–water partition coefficient (Wildman–Crippen LogP) is 4.10. The molecule has 2 heterocycles. The molecule has 1 atom stereocenters. The fraction of sp³-hybridized carbons (Fsp3) is 0.350. The Morgan fingerprint density at radius 1 is 1.23 bits per heavy atom. The Balaban J connectivity index is 1.64. The standard InChI is InChI=1S/C20H20ClNO4/c1-24-15-5-2-4-13(10-15)17-6-3-7-22(17)20(23)14-11-16(21)19-18(12-14)25-8-9-26-19/h2,4-5,10-12,17H,3,6-9H2,1H3. The van der Waals surface area contributed by atoms with Crippen LogP contribution in [0.1, 0.15) is 34.8 Å². The van der Waals surface area contributed by atoms with Crippen molar-refractivity contribution >= 4 is 17.5 Å². The highest BCUT2D eigenvalue weighted by molar-refractivity contribution is 6.32. The van der Waals surface area contributed by atoms with Crippen LogP contribution < -0.4 is 14.2 Å².